The Morgan fingerprint density at radius 1 is 1.07 bits per heavy atom. The fourth-order valence-corrected chi connectivity index (χ4v) is 8.13. The smallest absolute Gasteiger partial charge is 0.302 e. The molecule has 0 unspecified atom stereocenters. The fourth-order valence-electron chi connectivity index (χ4n) is 8.13. The number of hydrogen-bond donors (Lipinski definition) is 2. The zero-order valence-electron chi connectivity index (χ0n) is 17.8. The Hall–Kier alpha value is -0.870. The zero-order chi connectivity index (χ0) is 20.2. The molecule has 158 valence electrons. The Labute approximate surface area is 169 Å². The topological polar surface area (TPSA) is 66.8 Å². The molecular formula is C24H38O4. The van der Waals surface area contributed by atoms with Gasteiger partial charge in [-0.3, -0.25) is 4.79 Å². The molecule has 4 heteroatoms. The van der Waals surface area contributed by atoms with Crippen molar-refractivity contribution >= 4 is 5.97 Å². The van der Waals surface area contributed by atoms with E-state index >= 15 is 0 Å². The van der Waals surface area contributed by atoms with E-state index in [-0.39, 0.29) is 24.1 Å². The van der Waals surface area contributed by atoms with Crippen molar-refractivity contribution < 1.29 is 19.7 Å². The highest BCUT2D eigenvalue weighted by molar-refractivity contribution is 5.66. The van der Waals surface area contributed by atoms with Crippen LogP contribution in [-0.2, 0) is 9.53 Å². The summed E-state index contributed by atoms with van der Waals surface area (Å²) in [5.41, 5.74) is -0.489. The Kier molecular flexibility index (Phi) is 5.19. The van der Waals surface area contributed by atoms with Crippen molar-refractivity contribution in [1.29, 1.82) is 0 Å². The normalized spacial score (nSPS) is 50.7. The molecule has 0 aromatic rings. The van der Waals surface area contributed by atoms with Crippen molar-refractivity contribution in [3.63, 3.8) is 0 Å². The summed E-state index contributed by atoms with van der Waals surface area (Å²) in [7, 11) is 0. The van der Waals surface area contributed by atoms with Gasteiger partial charge in [-0.15, -0.1) is 0 Å². The maximum Gasteiger partial charge on any atom is 0.302 e. The van der Waals surface area contributed by atoms with Crippen LogP contribution in [-0.4, -0.2) is 34.5 Å². The van der Waals surface area contributed by atoms with Crippen LogP contribution in [0.3, 0.4) is 0 Å². The first-order valence-electron chi connectivity index (χ1n) is 11.4. The molecule has 0 aromatic carbocycles. The summed E-state index contributed by atoms with van der Waals surface area (Å²) >= 11 is 0. The van der Waals surface area contributed by atoms with E-state index in [1.807, 2.05) is 6.08 Å². The van der Waals surface area contributed by atoms with Gasteiger partial charge in [0.2, 0.25) is 0 Å². The van der Waals surface area contributed by atoms with E-state index in [1.54, 1.807) is 6.08 Å². The standard InChI is InChI=1S/C24H38O4/c1-16(26)28-18-7-11-22(2)17(15-18)5-6-19-20(22)8-12-23(3)21(19)9-13-24(23,27)10-4-14-25/h4,10,17-21,25,27H,5-9,11-15H2,1-3H3/b10-4+/t17-,18-,19+,20-,21-,22-,23-,24-/m0/s1. The van der Waals surface area contributed by atoms with Crippen LogP contribution in [0.2, 0.25) is 0 Å². The number of carbonyl (C=O) groups is 1. The summed E-state index contributed by atoms with van der Waals surface area (Å²) in [5.74, 6) is 2.51. The first kappa shape index (κ1) is 20.4. The molecular weight excluding hydrogens is 352 g/mol. The Bertz CT molecular complexity index is 645. The third-order valence-electron chi connectivity index (χ3n) is 9.66. The minimum Gasteiger partial charge on any atom is -0.463 e. The first-order chi connectivity index (χ1) is 13.2. The molecule has 4 rings (SSSR count). The van der Waals surface area contributed by atoms with Crippen molar-refractivity contribution in [3.8, 4) is 0 Å². The number of hydrogen-bond acceptors (Lipinski definition) is 4. The van der Waals surface area contributed by atoms with Gasteiger partial charge in [0.15, 0.2) is 0 Å². The lowest BCUT2D eigenvalue weighted by Gasteiger charge is -2.61. The SMILES string of the molecule is CC(=O)O[C@H]1CC[C@@]2(C)[C@@H](CC[C@@H]3[C@@H]2CC[C@@]2(C)[C@H]3CC[C@@]2(O)/C=C/CO)C1. The van der Waals surface area contributed by atoms with Crippen molar-refractivity contribution in [3.05, 3.63) is 12.2 Å². The number of ether oxygens (including phenoxy) is 1. The van der Waals surface area contributed by atoms with E-state index in [9.17, 15) is 15.0 Å². The van der Waals surface area contributed by atoms with Crippen molar-refractivity contribution in [2.24, 2.45) is 34.5 Å². The molecule has 0 aliphatic heterocycles. The lowest BCUT2D eigenvalue weighted by molar-refractivity contribution is -0.164. The van der Waals surface area contributed by atoms with Crippen LogP contribution in [0, 0.1) is 34.5 Å². The molecule has 0 saturated heterocycles. The molecule has 0 heterocycles. The summed E-state index contributed by atoms with van der Waals surface area (Å²) in [6.07, 6.45) is 13.6. The van der Waals surface area contributed by atoms with Gasteiger partial charge in [0.25, 0.3) is 0 Å². The first-order valence-corrected chi connectivity index (χ1v) is 11.4. The minimum atomic E-state index is -0.768. The highest BCUT2D eigenvalue weighted by Gasteiger charge is 2.63. The molecule has 4 nitrogen and oxygen atoms in total. The van der Waals surface area contributed by atoms with E-state index in [4.69, 9.17) is 4.74 Å². The molecule has 28 heavy (non-hydrogen) atoms. The minimum absolute atomic E-state index is 0.00163. The van der Waals surface area contributed by atoms with Crippen LogP contribution in [0.4, 0.5) is 0 Å². The maximum atomic E-state index is 11.4. The summed E-state index contributed by atoms with van der Waals surface area (Å²) in [6.45, 7) is 6.33. The molecule has 0 amide bonds. The summed E-state index contributed by atoms with van der Waals surface area (Å²) in [4.78, 5) is 11.4. The second-order valence-corrected chi connectivity index (χ2v) is 10.7. The molecule has 4 aliphatic rings. The van der Waals surface area contributed by atoms with Gasteiger partial charge in [0.05, 0.1) is 12.2 Å². The average Bonchev–Trinajstić information content (AvgIpc) is 2.91. The lowest BCUT2D eigenvalue weighted by atomic mass is 9.44. The molecule has 2 N–H and O–H groups in total. The van der Waals surface area contributed by atoms with Crippen LogP contribution in [0.1, 0.15) is 78.6 Å². The Morgan fingerprint density at radius 3 is 2.54 bits per heavy atom. The number of fused-ring (bicyclic) bond motifs is 5. The van der Waals surface area contributed by atoms with Crippen LogP contribution in [0.5, 0.6) is 0 Å². The van der Waals surface area contributed by atoms with Crippen LogP contribution in [0.25, 0.3) is 0 Å². The average molecular weight is 391 g/mol. The van der Waals surface area contributed by atoms with Gasteiger partial charge in [-0.05, 0) is 86.9 Å². The predicted octanol–water partition coefficient (Wildman–Crippen LogP) is 4.24. The number of carbonyl (C=O) groups excluding carboxylic acids is 1. The van der Waals surface area contributed by atoms with Gasteiger partial charge in [-0.25, -0.2) is 0 Å². The third kappa shape index (κ3) is 2.98. The number of aliphatic hydroxyl groups is 2. The fraction of sp³-hybridized carbons (Fsp3) is 0.875. The van der Waals surface area contributed by atoms with E-state index in [0.717, 1.165) is 44.4 Å². The third-order valence-corrected chi connectivity index (χ3v) is 9.66. The highest BCUT2D eigenvalue weighted by Crippen LogP contribution is 2.68. The van der Waals surface area contributed by atoms with Crippen molar-refractivity contribution in [2.75, 3.05) is 6.61 Å². The largest absolute Gasteiger partial charge is 0.463 e. The number of esters is 1. The summed E-state index contributed by atoms with van der Waals surface area (Å²) in [5, 5.41) is 20.7. The van der Waals surface area contributed by atoms with Crippen LogP contribution in [0.15, 0.2) is 12.2 Å². The molecule has 0 radical (unpaired) electrons. The monoisotopic (exact) mass is 390 g/mol. The zero-order valence-corrected chi connectivity index (χ0v) is 17.8. The second kappa shape index (κ2) is 7.12. The molecule has 0 spiro atoms. The Balaban J connectivity index is 1.54. The molecule has 0 aromatic heterocycles. The number of aliphatic hydroxyl groups excluding tert-OH is 1. The molecule has 4 aliphatic carbocycles. The van der Waals surface area contributed by atoms with E-state index in [1.165, 1.54) is 26.2 Å². The predicted molar refractivity (Wildman–Crippen MR) is 108 cm³/mol. The molecule has 0 bridgehead atoms. The second-order valence-electron chi connectivity index (χ2n) is 10.7. The quantitative estimate of drug-likeness (QED) is 0.559. The summed E-state index contributed by atoms with van der Waals surface area (Å²) < 4.78 is 5.57. The van der Waals surface area contributed by atoms with Gasteiger partial charge in [-0.1, -0.05) is 26.0 Å². The van der Waals surface area contributed by atoms with Gasteiger partial charge >= 0.3 is 5.97 Å². The molecule has 4 fully saturated rings. The number of rotatable bonds is 3. The van der Waals surface area contributed by atoms with Gasteiger partial charge in [0.1, 0.15) is 6.10 Å². The van der Waals surface area contributed by atoms with Gasteiger partial charge in [0, 0.05) is 12.3 Å². The van der Waals surface area contributed by atoms with Crippen LogP contribution < -0.4 is 0 Å². The summed E-state index contributed by atoms with van der Waals surface area (Å²) in [6, 6.07) is 0. The van der Waals surface area contributed by atoms with Gasteiger partial charge < -0.3 is 14.9 Å². The van der Waals surface area contributed by atoms with E-state index < -0.39 is 5.60 Å². The maximum absolute atomic E-state index is 11.4. The molecule has 8 atom stereocenters. The molecule has 4 saturated carbocycles. The Morgan fingerprint density at radius 2 is 1.82 bits per heavy atom. The van der Waals surface area contributed by atoms with E-state index in [2.05, 4.69) is 13.8 Å². The van der Waals surface area contributed by atoms with Crippen LogP contribution >= 0.6 is 0 Å². The van der Waals surface area contributed by atoms with E-state index in [0.29, 0.717) is 23.2 Å². The lowest BCUT2D eigenvalue weighted by Crippen LogP contribution is -2.56. The van der Waals surface area contributed by atoms with Crippen molar-refractivity contribution in [2.45, 2.75) is 90.3 Å². The van der Waals surface area contributed by atoms with Gasteiger partial charge in [-0.2, -0.15) is 0 Å². The van der Waals surface area contributed by atoms with Crippen molar-refractivity contribution in [1.82, 2.24) is 0 Å². The highest BCUT2D eigenvalue weighted by atomic mass is 16.5.